The van der Waals surface area contributed by atoms with Crippen LogP contribution in [-0.4, -0.2) is 70.2 Å². The van der Waals surface area contributed by atoms with E-state index in [1.807, 2.05) is 27.7 Å². The van der Waals surface area contributed by atoms with Crippen molar-refractivity contribution in [2.24, 2.45) is 0 Å². The molecule has 1 aliphatic rings. The number of halogens is 1. The summed E-state index contributed by atoms with van der Waals surface area (Å²) in [6.45, 7) is 8.90. The van der Waals surface area contributed by atoms with Crippen molar-refractivity contribution in [1.82, 2.24) is 9.80 Å². The van der Waals surface area contributed by atoms with Crippen LogP contribution in [0.2, 0.25) is 0 Å². The second-order valence-electron chi connectivity index (χ2n) is 6.73. The predicted octanol–water partition coefficient (Wildman–Crippen LogP) is 1.84. The molecule has 1 heterocycles. The van der Waals surface area contributed by atoms with E-state index in [4.69, 9.17) is 16.3 Å². The summed E-state index contributed by atoms with van der Waals surface area (Å²) < 4.78 is 5.33. The Morgan fingerprint density at radius 1 is 1.32 bits per heavy atom. The zero-order chi connectivity index (χ0) is 17.0. The summed E-state index contributed by atoms with van der Waals surface area (Å²) in [5, 5.41) is 10.6. The molecule has 1 rings (SSSR count). The van der Waals surface area contributed by atoms with E-state index >= 15 is 0 Å². The number of carbonyl (C=O) groups excluding carboxylic acids is 2. The topological polar surface area (TPSA) is 70.1 Å². The first-order valence-electron chi connectivity index (χ1n) is 7.64. The standard InChI is InChI=1S/C15H27ClN2O4/c1-5-17(12(19)10-16)11-15(21)6-8-18(9-7-15)13(20)22-14(2,3)4/h21H,5-11H2,1-4H3. The highest BCUT2D eigenvalue weighted by atomic mass is 35.5. The number of likely N-dealkylation sites (N-methyl/N-ethyl adjacent to an activating group) is 1. The molecule has 1 N–H and O–H groups in total. The molecule has 0 aromatic heterocycles. The Bertz CT molecular complexity index is 401. The molecule has 0 saturated carbocycles. The number of amides is 2. The van der Waals surface area contributed by atoms with E-state index in [1.54, 1.807) is 9.80 Å². The van der Waals surface area contributed by atoms with Gasteiger partial charge in [0.2, 0.25) is 5.91 Å². The lowest BCUT2D eigenvalue weighted by molar-refractivity contribution is -0.133. The molecule has 1 saturated heterocycles. The summed E-state index contributed by atoms with van der Waals surface area (Å²) in [7, 11) is 0. The van der Waals surface area contributed by atoms with Crippen molar-refractivity contribution in [3.05, 3.63) is 0 Å². The van der Waals surface area contributed by atoms with Crippen molar-refractivity contribution < 1.29 is 19.4 Å². The Hall–Kier alpha value is -1.01. The van der Waals surface area contributed by atoms with Crippen LogP contribution >= 0.6 is 11.6 Å². The van der Waals surface area contributed by atoms with Crippen molar-refractivity contribution in [2.75, 3.05) is 32.1 Å². The maximum Gasteiger partial charge on any atom is 0.410 e. The molecule has 0 radical (unpaired) electrons. The zero-order valence-electron chi connectivity index (χ0n) is 13.9. The van der Waals surface area contributed by atoms with Gasteiger partial charge in [-0.25, -0.2) is 4.79 Å². The lowest BCUT2D eigenvalue weighted by atomic mass is 9.91. The average Bonchev–Trinajstić information content (AvgIpc) is 2.42. The van der Waals surface area contributed by atoms with Crippen LogP contribution in [0.15, 0.2) is 0 Å². The minimum absolute atomic E-state index is 0.0893. The highest BCUT2D eigenvalue weighted by molar-refractivity contribution is 6.27. The van der Waals surface area contributed by atoms with Crippen LogP contribution in [0, 0.1) is 0 Å². The van der Waals surface area contributed by atoms with Gasteiger partial charge in [-0.1, -0.05) is 0 Å². The van der Waals surface area contributed by atoms with E-state index in [-0.39, 0.29) is 24.4 Å². The first kappa shape index (κ1) is 19.0. The third-order valence-corrected chi connectivity index (χ3v) is 3.91. The highest BCUT2D eigenvalue weighted by Crippen LogP contribution is 2.25. The number of aliphatic hydroxyl groups is 1. The van der Waals surface area contributed by atoms with Gasteiger partial charge in [-0.3, -0.25) is 4.79 Å². The second kappa shape index (κ2) is 7.51. The van der Waals surface area contributed by atoms with Crippen molar-refractivity contribution in [3.63, 3.8) is 0 Å². The third kappa shape index (κ3) is 5.65. The summed E-state index contributed by atoms with van der Waals surface area (Å²) >= 11 is 5.57. The number of likely N-dealkylation sites (tertiary alicyclic amines) is 1. The molecule has 6 nitrogen and oxygen atoms in total. The first-order chi connectivity index (χ1) is 10.1. The summed E-state index contributed by atoms with van der Waals surface area (Å²) in [6, 6.07) is 0. The molecule has 2 amide bonds. The van der Waals surface area contributed by atoms with E-state index in [1.165, 1.54) is 0 Å². The SMILES string of the molecule is CCN(CC1(O)CCN(C(=O)OC(C)(C)C)CC1)C(=O)CCl. The molecule has 0 bridgehead atoms. The van der Waals surface area contributed by atoms with Crippen LogP contribution in [0.25, 0.3) is 0 Å². The fraction of sp³-hybridized carbons (Fsp3) is 0.867. The van der Waals surface area contributed by atoms with Gasteiger partial charge < -0.3 is 19.6 Å². The van der Waals surface area contributed by atoms with Gasteiger partial charge in [0.1, 0.15) is 11.5 Å². The lowest BCUT2D eigenvalue weighted by Gasteiger charge is -2.40. The molecular weight excluding hydrogens is 308 g/mol. The van der Waals surface area contributed by atoms with E-state index in [0.717, 1.165) is 0 Å². The Morgan fingerprint density at radius 2 is 1.86 bits per heavy atom. The molecule has 0 aromatic rings. The van der Waals surface area contributed by atoms with Gasteiger partial charge in [0.05, 0.1) is 5.60 Å². The number of hydrogen-bond donors (Lipinski definition) is 1. The number of carbonyl (C=O) groups is 2. The second-order valence-corrected chi connectivity index (χ2v) is 7.00. The number of piperidine rings is 1. The van der Waals surface area contributed by atoms with E-state index in [2.05, 4.69) is 0 Å². The molecule has 7 heteroatoms. The first-order valence-corrected chi connectivity index (χ1v) is 8.18. The van der Waals surface area contributed by atoms with Crippen molar-refractivity contribution in [2.45, 2.75) is 51.7 Å². The Balaban J connectivity index is 2.56. The van der Waals surface area contributed by atoms with E-state index in [9.17, 15) is 14.7 Å². The smallest absolute Gasteiger partial charge is 0.410 e. The zero-order valence-corrected chi connectivity index (χ0v) is 14.7. The average molecular weight is 335 g/mol. The van der Waals surface area contributed by atoms with Crippen molar-refractivity contribution in [3.8, 4) is 0 Å². The third-order valence-electron chi connectivity index (χ3n) is 3.68. The van der Waals surface area contributed by atoms with Crippen LogP contribution < -0.4 is 0 Å². The lowest BCUT2D eigenvalue weighted by Crippen LogP contribution is -2.53. The maximum atomic E-state index is 12.0. The van der Waals surface area contributed by atoms with Crippen molar-refractivity contribution >= 4 is 23.6 Å². The quantitative estimate of drug-likeness (QED) is 0.796. The molecule has 22 heavy (non-hydrogen) atoms. The van der Waals surface area contributed by atoms with E-state index in [0.29, 0.717) is 32.5 Å². The fourth-order valence-electron chi connectivity index (χ4n) is 2.41. The Morgan fingerprint density at radius 3 is 2.27 bits per heavy atom. The number of rotatable bonds is 4. The number of ether oxygens (including phenoxy) is 1. The Kier molecular flexibility index (Phi) is 6.50. The molecular formula is C15H27ClN2O4. The molecule has 1 aliphatic heterocycles. The molecule has 0 unspecified atom stereocenters. The number of alkyl halides is 1. The maximum absolute atomic E-state index is 12.0. The fourth-order valence-corrected chi connectivity index (χ4v) is 2.58. The van der Waals surface area contributed by atoms with E-state index < -0.39 is 11.2 Å². The van der Waals surface area contributed by atoms with Crippen LogP contribution in [0.4, 0.5) is 4.79 Å². The van der Waals surface area contributed by atoms with Gasteiger partial charge in [-0.05, 0) is 40.5 Å². The van der Waals surface area contributed by atoms with Crippen LogP contribution in [-0.2, 0) is 9.53 Å². The van der Waals surface area contributed by atoms with Gasteiger partial charge in [0, 0.05) is 26.2 Å². The van der Waals surface area contributed by atoms with Gasteiger partial charge in [0.15, 0.2) is 0 Å². The number of nitrogens with zero attached hydrogens (tertiary/aromatic N) is 2. The van der Waals surface area contributed by atoms with Gasteiger partial charge in [-0.2, -0.15) is 0 Å². The van der Waals surface area contributed by atoms with Crippen LogP contribution in [0.5, 0.6) is 0 Å². The molecule has 0 spiro atoms. The largest absolute Gasteiger partial charge is 0.444 e. The summed E-state index contributed by atoms with van der Waals surface area (Å²) in [5.41, 5.74) is -1.51. The van der Waals surface area contributed by atoms with Gasteiger partial charge in [0.25, 0.3) is 0 Å². The highest BCUT2D eigenvalue weighted by Gasteiger charge is 2.37. The minimum atomic E-state index is -0.976. The predicted molar refractivity (Wildman–Crippen MR) is 85.0 cm³/mol. The van der Waals surface area contributed by atoms with Crippen molar-refractivity contribution in [1.29, 1.82) is 0 Å². The molecule has 0 atom stereocenters. The van der Waals surface area contributed by atoms with Crippen LogP contribution in [0.3, 0.4) is 0 Å². The molecule has 0 aliphatic carbocycles. The molecule has 1 fully saturated rings. The van der Waals surface area contributed by atoms with Crippen LogP contribution in [0.1, 0.15) is 40.5 Å². The summed E-state index contributed by atoms with van der Waals surface area (Å²) in [4.78, 5) is 26.8. The summed E-state index contributed by atoms with van der Waals surface area (Å²) in [5.74, 6) is -0.277. The Labute approximate surface area is 137 Å². The van der Waals surface area contributed by atoms with Gasteiger partial charge in [-0.15, -0.1) is 11.6 Å². The minimum Gasteiger partial charge on any atom is -0.444 e. The molecule has 128 valence electrons. The van der Waals surface area contributed by atoms with Gasteiger partial charge >= 0.3 is 6.09 Å². The normalized spacial score (nSPS) is 18.0. The summed E-state index contributed by atoms with van der Waals surface area (Å²) in [6.07, 6.45) is 0.468. The monoisotopic (exact) mass is 334 g/mol. The molecule has 0 aromatic carbocycles. The number of hydrogen-bond acceptors (Lipinski definition) is 4.